The van der Waals surface area contributed by atoms with Crippen molar-refractivity contribution in [2.75, 3.05) is 14.2 Å². The molecule has 0 amide bonds. The van der Waals surface area contributed by atoms with Gasteiger partial charge in [-0.3, -0.25) is 0 Å². The lowest BCUT2D eigenvalue weighted by Gasteiger charge is -2.07. The van der Waals surface area contributed by atoms with Crippen molar-refractivity contribution in [2.24, 2.45) is 0 Å². The Morgan fingerprint density at radius 2 is 2.05 bits per heavy atom. The second kappa shape index (κ2) is 6.38. The van der Waals surface area contributed by atoms with Crippen LogP contribution in [0.25, 0.3) is 0 Å². The number of hydrogen-bond donors (Lipinski definition) is 0. The fraction of sp³-hybridized carbons (Fsp3) is 0.231. The van der Waals surface area contributed by atoms with E-state index in [0.29, 0.717) is 17.0 Å². The van der Waals surface area contributed by atoms with Gasteiger partial charge in [0.25, 0.3) is 0 Å². The summed E-state index contributed by atoms with van der Waals surface area (Å²) in [5.74, 6) is 1.23. The molecule has 100 valence electrons. The second-order valence-corrected chi connectivity index (χ2v) is 4.50. The van der Waals surface area contributed by atoms with Crippen molar-refractivity contribution in [1.82, 2.24) is 9.97 Å². The van der Waals surface area contributed by atoms with Gasteiger partial charge in [0.15, 0.2) is 0 Å². The van der Waals surface area contributed by atoms with Gasteiger partial charge in [0, 0.05) is 0 Å². The molecule has 2 aromatic rings. The lowest BCUT2D eigenvalue weighted by Crippen LogP contribution is -2.01. The van der Waals surface area contributed by atoms with E-state index in [0.717, 1.165) is 11.3 Å². The number of nitrogens with zero attached hydrogens (tertiary/aromatic N) is 2. The fourth-order valence-electron chi connectivity index (χ4n) is 1.46. The van der Waals surface area contributed by atoms with Crippen molar-refractivity contribution in [3.63, 3.8) is 0 Å². The van der Waals surface area contributed by atoms with E-state index >= 15 is 0 Å². The van der Waals surface area contributed by atoms with E-state index in [1.54, 1.807) is 20.4 Å². The third kappa shape index (κ3) is 3.57. The largest absolute Gasteiger partial charge is 0.497 e. The standard InChI is InChI=1S/C13H13BrN2O3/c1-17-10-5-3-4-9(6-10)8-19-13-15-7-11(14)12(16-13)18-2/h3-7H,8H2,1-2H3. The molecule has 0 spiro atoms. The normalized spacial score (nSPS) is 10.1. The van der Waals surface area contributed by atoms with Crippen LogP contribution in [-0.2, 0) is 6.61 Å². The van der Waals surface area contributed by atoms with Crippen LogP contribution in [0.15, 0.2) is 34.9 Å². The van der Waals surface area contributed by atoms with Gasteiger partial charge in [-0.25, -0.2) is 4.98 Å². The van der Waals surface area contributed by atoms with Crippen LogP contribution in [0.1, 0.15) is 5.56 Å². The number of methoxy groups -OCH3 is 2. The molecule has 1 aromatic carbocycles. The number of hydrogen-bond acceptors (Lipinski definition) is 5. The van der Waals surface area contributed by atoms with E-state index in [4.69, 9.17) is 14.2 Å². The summed E-state index contributed by atoms with van der Waals surface area (Å²) in [6, 6.07) is 7.89. The minimum atomic E-state index is 0.267. The molecule has 0 aliphatic carbocycles. The van der Waals surface area contributed by atoms with Crippen molar-refractivity contribution in [2.45, 2.75) is 6.61 Å². The molecule has 0 saturated carbocycles. The van der Waals surface area contributed by atoms with Gasteiger partial charge in [-0.2, -0.15) is 4.98 Å². The maximum absolute atomic E-state index is 5.51. The lowest BCUT2D eigenvalue weighted by molar-refractivity contribution is 0.272. The molecule has 6 heteroatoms. The first-order valence-electron chi connectivity index (χ1n) is 5.55. The monoisotopic (exact) mass is 324 g/mol. The van der Waals surface area contributed by atoms with Crippen LogP contribution in [0.3, 0.4) is 0 Å². The van der Waals surface area contributed by atoms with Crippen LogP contribution < -0.4 is 14.2 Å². The van der Waals surface area contributed by atoms with Crippen LogP contribution in [0, 0.1) is 0 Å². The summed E-state index contributed by atoms with van der Waals surface area (Å²) in [4.78, 5) is 8.17. The van der Waals surface area contributed by atoms with Gasteiger partial charge in [0.1, 0.15) is 12.4 Å². The average molecular weight is 325 g/mol. The Balaban J connectivity index is 2.05. The smallest absolute Gasteiger partial charge is 0.320 e. The zero-order chi connectivity index (χ0) is 13.7. The summed E-state index contributed by atoms with van der Waals surface area (Å²) in [5.41, 5.74) is 0.977. The molecule has 2 rings (SSSR count). The Morgan fingerprint density at radius 1 is 1.21 bits per heavy atom. The van der Waals surface area contributed by atoms with Crippen LogP contribution in [0.5, 0.6) is 17.6 Å². The number of aromatic nitrogens is 2. The number of benzene rings is 1. The molecule has 1 heterocycles. The van der Waals surface area contributed by atoms with Crippen LogP contribution in [0.4, 0.5) is 0 Å². The van der Waals surface area contributed by atoms with Crippen LogP contribution in [0.2, 0.25) is 0 Å². The maximum Gasteiger partial charge on any atom is 0.320 e. The van der Waals surface area contributed by atoms with Crippen molar-refractivity contribution >= 4 is 15.9 Å². The topological polar surface area (TPSA) is 53.5 Å². The summed E-state index contributed by atoms with van der Waals surface area (Å²) in [7, 11) is 3.17. The molecule has 0 aliphatic rings. The van der Waals surface area contributed by atoms with E-state index in [1.165, 1.54) is 0 Å². The van der Waals surface area contributed by atoms with E-state index in [-0.39, 0.29) is 6.01 Å². The van der Waals surface area contributed by atoms with Gasteiger partial charge < -0.3 is 14.2 Å². The Hall–Kier alpha value is -1.82. The molecule has 5 nitrogen and oxygen atoms in total. The predicted molar refractivity (Wildman–Crippen MR) is 73.6 cm³/mol. The van der Waals surface area contributed by atoms with Crippen LogP contribution >= 0.6 is 15.9 Å². The summed E-state index contributed by atoms with van der Waals surface area (Å²) >= 11 is 3.28. The Labute approximate surface area is 119 Å². The second-order valence-electron chi connectivity index (χ2n) is 3.65. The molecule has 0 radical (unpaired) electrons. The SMILES string of the molecule is COc1cccc(COc2ncc(Br)c(OC)n2)c1. The minimum Gasteiger partial charge on any atom is -0.497 e. The van der Waals surface area contributed by atoms with Crippen molar-refractivity contribution in [3.8, 4) is 17.6 Å². The highest BCUT2D eigenvalue weighted by Crippen LogP contribution is 2.23. The highest BCUT2D eigenvalue weighted by Gasteiger charge is 2.06. The van der Waals surface area contributed by atoms with Gasteiger partial charge in [-0.05, 0) is 33.6 Å². The molecule has 0 unspecified atom stereocenters. The Morgan fingerprint density at radius 3 is 2.79 bits per heavy atom. The third-order valence-corrected chi connectivity index (χ3v) is 2.93. The van der Waals surface area contributed by atoms with Gasteiger partial charge in [-0.15, -0.1) is 0 Å². The van der Waals surface area contributed by atoms with E-state index in [1.807, 2.05) is 24.3 Å². The predicted octanol–water partition coefficient (Wildman–Crippen LogP) is 2.84. The first-order valence-corrected chi connectivity index (χ1v) is 6.34. The molecule has 0 aliphatic heterocycles. The zero-order valence-electron chi connectivity index (χ0n) is 10.6. The van der Waals surface area contributed by atoms with Gasteiger partial charge in [-0.1, -0.05) is 12.1 Å². The summed E-state index contributed by atoms with van der Waals surface area (Å²) < 4.78 is 16.4. The first-order chi connectivity index (χ1) is 9.22. The van der Waals surface area contributed by atoms with Crippen LogP contribution in [-0.4, -0.2) is 24.2 Å². The van der Waals surface area contributed by atoms with Crippen molar-refractivity contribution < 1.29 is 14.2 Å². The van der Waals surface area contributed by atoms with E-state index < -0.39 is 0 Å². The first kappa shape index (κ1) is 13.6. The van der Waals surface area contributed by atoms with Gasteiger partial charge in [0.2, 0.25) is 5.88 Å². The molecular formula is C13H13BrN2O3. The highest BCUT2D eigenvalue weighted by atomic mass is 79.9. The Bertz CT molecular complexity index is 563. The van der Waals surface area contributed by atoms with Crippen molar-refractivity contribution in [3.05, 3.63) is 40.5 Å². The number of ether oxygens (including phenoxy) is 3. The lowest BCUT2D eigenvalue weighted by atomic mass is 10.2. The molecular weight excluding hydrogens is 312 g/mol. The summed E-state index contributed by atoms with van der Waals surface area (Å²) in [6.45, 7) is 0.363. The van der Waals surface area contributed by atoms with Gasteiger partial charge in [0.05, 0.1) is 24.9 Å². The molecule has 1 aromatic heterocycles. The molecule has 19 heavy (non-hydrogen) atoms. The minimum absolute atomic E-state index is 0.267. The molecule has 0 N–H and O–H groups in total. The van der Waals surface area contributed by atoms with E-state index in [2.05, 4.69) is 25.9 Å². The summed E-state index contributed by atoms with van der Waals surface area (Å²) in [5, 5.41) is 0. The van der Waals surface area contributed by atoms with Crippen molar-refractivity contribution in [1.29, 1.82) is 0 Å². The van der Waals surface area contributed by atoms with Gasteiger partial charge >= 0.3 is 6.01 Å². The van der Waals surface area contributed by atoms with E-state index in [9.17, 15) is 0 Å². The number of halogens is 1. The molecule has 0 bridgehead atoms. The quantitative estimate of drug-likeness (QED) is 0.846. The average Bonchev–Trinajstić information content (AvgIpc) is 2.46. The maximum atomic E-state index is 5.51. The third-order valence-electron chi connectivity index (χ3n) is 2.39. The fourth-order valence-corrected chi connectivity index (χ4v) is 1.81. The molecule has 0 atom stereocenters. The highest BCUT2D eigenvalue weighted by molar-refractivity contribution is 9.10. The zero-order valence-corrected chi connectivity index (χ0v) is 12.2. The molecule has 0 fully saturated rings. The number of rotatable bonds is 5. The molecule has 0 saturated heterocycles. The summed E-state index contributed by atoms with van der Waals surface area (Å²) in [6.07, 6.45) is 1.59. The Kier molecular flexibility index (Phi) is 4.57.